The van der Waals surface area contributed by atoms with Crippen LogP contribution in [0.5, 0.6) is 0 Å². The molecule has 0 saturated carbocycles. The highest BCUT2D eigenvalue weighted by Crippen LogP contribution is 2.11. The summed E-state index contributed by atoms with van der Waals surface area (Å²) in [5.74, 6) is 0.110. The summed E-state index contributed by atoms with van der Waals surface area (Å²) in [6.07, 6.45) is 2.52. The van der Waals surface area contributed by atoms with Gasteiger partial charge in [-0.3, -0.25) is 14.5 Å². The Morgan fingerprint density at radius 3 is 2.65 bits per heavy atom. The first kappa shape index (κ1) is 17.3. The van der Waals surface area contributed by atoms with Crippen LogP contribution in [0, 0.1) is 6.92 Å². The highest BCUT2D eigenvalue weighted by Gasteiger charge is 2.38. The second-order valence-electron chi connectivity index (χ2n) is 5.47. The summed E-state index contributed by atoms with van der Waals surface area (Å²) >= 11 is 1.61. The molecule has 4 amide bonds. The lowest BCUT2D eigenvalue weighted by atomic mass is 10.1. The zero-order chi connectivity index (χ0) is 16.8. The second kappa shape index (κ2) is 8.01. The molecule has 7 heteroatoms. The van der Waals surface area contributed by atoms with E-state index in [9.17, 15) is 14.4 Å². The lowest BCUT2D eigenvalue weighted by Gasteiger charge is -2.13. The minimum atomic E-state index is -0.514. The highest BCUT2D eigenvalue weighted by atomic mass is 32.2. The van der Waals surface area contributed by atoms with Crippen molar-refractivity contribution in [2.24, 2.45) is 0 Å². The molecule has 0 radical (unpaired) electrons. The molecule has 0 unspecified atom stereocenters. The van der Waals surface area contributed by atoms with Crippen LogP contribution in [0.3, 0.4) is 0 Å². The van der Waals surface area contributed by atoms with Crippen LogP contribution >= 0.6 is 11.8 Å². The third-order valence-corrected chi connectivity index (χ3v) is 4.27. The van der Waals surface area contributed by atoms with Crippen molar-refractivity contribution in [3.05, 3.63) is 35.4 Å². The monoisotopic (exact) mass is 335 g/mol. The van der Waals surface area contributed by atoms with Crippen molar-refractivity contribution in [3.8, 4) is 0 Å². The van der Waals surface area contributed by atoms with E-state index in [0.717, 1.165) is 21.8 Å². The molecule has 0 aromatic heterocycles. The van der Waals surface area contributed by atoms with Gasteiger partial charge in [-0.05, 0) is 30.9 Å². The van der Waals surface area contributed by atoms with Crippen LogP contribution in [0.1, 0.15) is 17.5 Å². The smallest absolute Gasteiger partial charge is 0.325 e. The fourth-order valence-electron chi connectivity index (χ4n) is 2.26. The van der Waals surface area contributed by atoms with Gasteiger partial charge in [0.25, 0.3) is 5.91 Å². The Bertz CT molecular complexity index is 589. The molecular formula is C16H21N3O3S. The van der Waals surface area contributed by atoms with E-state index in [1.165, 1.54) is 0 Å². The van der Waals surface area contributed by atoms with Gasteiger partial charge in [-0.25, -0.2) is 4.79 Å². The number of amides is 4. The number of carbonyl (C=O) groups is 3. The standard InChI is InChI=1S/C16H21N3O3S/c1-11-3-5-12(6-4-11)9-17-14(20)10-19-15(21)13(7-8-23-2)18-16(19)22/h3-6,13H,7-10H2,1-2H3,(H,17,20)(H,18,22)/t13-/m0/s1. The normalized spacial score (nSPS) is 17.3. The van der Waals surface area contributed by atoms with Crippen molar-refractivity contribution in [2.45, 2.75) is 25.9 Å². The molecule has 124 valence electrons. The van der Waals surface area contributed by atoms with Crippen molar-refractivity contribution in [1.82, 2.24) is 15.5 Å². The van der Waals surface area contributed by atoms with Crippen LogP contribution in [0.2, 0.25) is 0 Å². The van der Waals surface area contributed by atoms with Gasteiger partial charge in [0.05, 0.1) is 0 Å². The van der Waals surface area contributed by atoms with E-state index in [2.05, 4.69) is 10.6 Å². The van der Waals surface area contributed by atoms with Gasteiger partial charge in [-0.2, -0.15) is 11.8 Å². The number of thioether (sulfide) groups is 1. The summed E-state index contributed by atoms with van der Waals surface area (Å²) in [5, 5.41) is 5.35. The van der Waals surface area contributed by atoms with E-state index in [4.69, 9.17) is 0 Å². The number of rotatable bonds is 7. The maximum absolute atomic E-state index is 12.1. The van der Waals surface area contributed by atoms with Gasteiger partial charge in [-0.1, -0.05) is 29.8 Å². The largest absolute Gasteiger partial charge is 0.350 e. The van der Waals surface area contributed by atoms with Crippen molar-refractivity contribution in [3.63, 3.8) is 0 Å². The second-order valence-corrected chi connectivity index (χ2v) is 6.46. The van der Waals surface area contributed by atoms with Crippen LogP contribution in [0.15, 0.2) is 24.3 Å². The SMILES string of the molecule is CSCC[C@@H]1NC(=O)N(CC(=O)NCc2ccc(C)cc2)C1=O. The summed E-state index contributed by atoms with van der Waals surface area (Å²) in [4.78, 5) is 36.9. The molecule has 1 aromatic rings. The van der Waals surface area contributed by atoms with Gasteiger partial charge in [0.1, 0.15) is 12.6 Å². The maximum atomic E-state index is 12.1. The van der Waals surface area contributed by atoms with Gasteiger partial charge in [-0.15, -0.1) is 0 Å². The predicted molar refractivity (Wildman–Crippen MR) is 90.1 cm³/mol. The van der Waals surface area contributed by atoms with Crippen LogP contribution in [-0.2, 0) is 16.1 Å². The summed E-state index contributed by atoms with van der Waals surface area (Å²) in [6.45, 7) is 2.12. The first-order chi connectivity index (χ1) is 11.0. The molecular weight excluding hydrogens is 314 g/mol. The summed E-state index contributed by atoms with van der Waals surface area (Å²) < 4.78 is 0. The number of nitrogens with zero attached hydrogens (tertiary/aromatic N) is 1. The fourth-order valence-corrected chi connectivity index (χ4v) is 2.74. The molecule has 0 aliphatic carbocycles. The maximum Gasteiger partial charge on any atom is 0.325 e. The van der Waals surface area contributed by atoms with Crippen LogP contribution in [-0.4, -0.2) is 47.3 Å². The third kappa shape index (κ3) is 4.72. The molecule has 0 bridgehead atoms. The van der Waals surface area contributed by atoms with Crippen molar-refractivity contribution >= 4 is 29.6 Å². The Morgan fingerprint density at radius 2 is 2.00 bits per heavy atom. The van der Waals surface area contributed by atoms with E-state index in [-0.39, 0.29) is 18.4 Å². The molecule has 1 saturated heterocycles. The molecule has 1 aliphatic heterocycles. The zero-order valence-corrected chi connectivity index (χ0v) is 14.1. The molecule has 1 aliphatic rings. The highest BCUT2D eigenvalue weighted by molar-refractivity contribution is 7.98. The number of nitrogens with one attached hydrogen (secondary N) is 2. The Morgan fingerprint density at radius 1 is 1.30 bits per heavy atom. The zero-order valence-electron chi connectivity index (χ0n) is 13.3. The van der Waals surface area contributed by atoms with Gasteiger partial charge < -0.3 is 10.6 Å². The predicted octanol–water partition coefficient (Wildman–Crippen LogP) is 1.28. The molecule has 6 nitrogen and oxygen atoms in total. The summed E-state index contributed by atoms with van der Waals surface area (Å²) in [6, 6.07) is 6.79. The molecule has 1 atom stereocenters. The summed E-state index contributed by atoms with van der Waals surface area (Å²) in [7, 11) is 0. The third-order valence-electron chi connectivity index (χ3n) is 3.63. The van der Waals surface area contributed by atoms with E-state index >= 15 is 0 Å². The number of hydrogen-bond acceptors (Lipinski definition) is 4. The van der Waals surface area contributed by atoms with Crippen LogP contribution < -0.4 is 10.6 Å². The lowest BCUT2D eigenvalue weighted by molar-refractivity contribution is -0.132. The van der Waals surface area contributed by atoms with Crippen LogP contribution in [0.4, 0.5) is 4.79 Å². The molecule has 1 fully saturated rings. The van der Waals surface area contributed by atoms with Crippen molar-refractivity contribution in [2.75, 3.05) is 18.6 Å². The van der Waals surface area contributed by atoms with Gasteiger partial charge in [0.15, 0.2) is 0 Å². The van der Waals surface area contributed by atoms with E-state index in [1.54, 1.807) is 11.8 Å². The van der Waals surface area contributed by atoms with E-state index in [1.807, 2.05) is 37.4 Å². The number of imide groups is 1. The molecule has 2 N–H and O–H groups in total. The van der Waals surface area contributed by atoms with Crippen LogP contribution in [0.25, 0.3) is 0 Å². The average Bonchev–Trinajstić information content (AvgIpc) is 2.80. The molecule has 0 spiro atoms. The topological polar surface area (TPSA) is 78.5 Å². The first-order valence-corrected chi connectivity index (χ1v) is 8.83. The average molecular weight is 335 g/mol. The molecule has 1 heterocycles. The first-order valence-electron chi connectivity index (χ1n) is 7.44. The minimum absolute atomic E-state index is 0.244. The number of hydrogen-bond donors (Lipinski definition) is 2. The van der Waals surface area contributed by atoms with Crippen molar-refractivity contribution < 1.29 is 14.4 Å². The number of aryl methyl sites for hydroxylation is 1. The molecule has 23 heavy (non-hydrogen) atoms. The fraction of sp³-hybridized carbons (Fsp3) is 0.438. The Labute approximate surface area is 140 Å². The number of urea groups is 1. The molecule has 1 aromatic carbocycles. The number of benzene rings is 1. The van der Waals surface area contributed by atoms with Crippen molar-refractivity contribution in [1.29, 1.82) is 0 Å². The minimum Gasteiger partial charge on any atom is -0.350 e. The van der Waals surface area contributed by atoms with Gasteiger partial charge in [0.2, 0.25) is 5.91 Å². The van der Waals surface area contributed by atoms with E-state index < -0.39 is 12.1 Å². The van der Waals surface area contributed by atoms with Gasteiger partial charge in [0, 0.05) is 6.54 Å². The Hall–Kier alpha value is -2.02. The number of carbonyl (C=O) groups excluding carboxylic acids is 3. The molecule has 2 rings (SSSR count). The van der Waals surface area contributed by atoms with E-state index in [0.29, 0.717) is 13.0 Å². The Balaban J connectivity index is 1.83. The van der Waals surface area contributed by atoms with Gasteiger partial charge >= 0.3 is 6.03 Å². The summed E-state index contributed by atoms with van der Waals surface area (Å²) in [5.41, 5.74) is 2.12. The quantitative estimate of drug-likeness (QED) is 0.736. The lowest BCUT2D eigenvalue weighted by Crippen LogP contribution is -2.41. The Kier molecular flexibility index (Phi) is 6.04.